The van der Waals surface area contributed by atoms with Gasteiger partial charge in [0.25, 0.3) is 0 Å². The molecule has 0 bridgehead atoms. The van der Waals surface area contributed by atoms with Crippen molar-refractivity contribution in [3.63, 3.8) is 0 Å². The predicted molar refractivity (Wildman–Crippen MR) is 84.9 cm³/mol. The highest BCUT2D eigenvalue weighted by Crippen LogP contribution is 2.26. The quantitative estimate of drug-likeness (QED) is 0.799. The maximum atomic E-state index is 12.0. The molecule has 1 saturated heterocycles. The number of carbonyl (C=O) groups excluding carboxylic acids is 2. The third kappa shape index (κ3) is 3.95. The average Bonchev–Trinajstić information content (AvgIpc) is 2.91. The second-order valence-electron chi connectivity index (χ2n) is 5.53. The lowest BCUT2D eigenvalue weighted by Crippen LogP contribution is -2.20. The normalized spacial score (nSPS) is 20.2. The number of rotatable bonds is 3. The summed E-state index contributed by atoms with van der Waals surface area (Å²) in [6.45, 7) is 1.94. The molecule has 21 heavy (non-hydrogen) atoms. The van der Waals surface area contributed by atoms with Gasteiger partial charge in [0.15, 0.2) is 0 Å². The highest BCUT2D eigenvalue weighted by Gasteiger charge is 2.19. The van der Waals surface area contributed by atoms with Crippen LogP contribution in [0.15, 0.2) is 18.2 Å². The first-order valence-electron chi connectivity index (χ1n) is 7.14. The molecule has 1 atom stereocenters. The molecular weight excluding hydrogens is 290 g/mol. The first-order chi connectivity index (χ1) is 9.70. The van der Waals surface area contributed by atoms with Crippen LogP contribution in [0.3, 0.4) is 0 Å². The molecule has 5 nitrogen and oxygen atoms in total. The second kappa shape index (κ2) is 6.91. The van der Waals surface area contributed by atoms with E-state index in [1.54, 1.807) is 0 Å². The van der Waals surface area contributed by atoms with Crippen LogP contribution in [0.2, 0.25) is 0 Å². The third-order valence-electron chi connectivity index (χ3n) is 3.92. The maximum Gasteiger partial charge on any atom is 0.224 e. The molecule has 1 aromatic carbocycles. The fourth-order valence-electron chi connectivity index (χ4n) is 2.82. The SMILES string of the molecule is Cl.O=C(CC1CCNC1)Nc1ccc2c(c1)CCC(=O)N2. The minimum absolute atomic E-state index is 0. The molecule has 0 radical (unpaired) electrons. The Morgan fingerprint density at radius 2 is 2.19 bits per heavy atom. The van der Waals surface area contributed by atoms with Crippen molar-refractivity contribution >= 4 is 35.6 Å². The van der Waals surface area contributed by atoms with Gasteiger partial charge >= 0.3 is 0 Å². The Hall–Kier alpha value is -1.59. The van der Waals surface area contributed by atoms with Gasteiger partial charge in [0.1, 0.15) is 0 Å². The van der Waals surface area contributed by atoms with Crippen molar-refractivity contribution in [1.82, 2.24) is 5.32 Å². The van der Waals surface area contributed by atoms with E-state index in [4.69, 9.17) is 0 Å². The Morgan fingerprint density at radius 3 is 2.95 bits per heavy atom. The fraction of sp³-hybridized carbons (Fsp3) is 0.467. The van der Waals surface area contributed by atoms with Gasteiger partial charge in [0, 0.05) is 24.2 Å². The minimum Gasteiger partial charge on any atom is -0.326 e. The van der Waals surface area contributed by atoms with Crippen LogP contribution in [-0.4, -0.2) is 24.9 Å². The number of carbonyl (C=O) groups is 2. The molecule has 114 valence electrons. The van der Waals surface area contributed by atoms with Gasteiger partial charge in [0.2, 0.25) is 11.8 Å². The summed E-state index contributed by atoms with van der Waals surface area (Å²) in [5.41, 5.74) is 2.76. The smallest absolute Gasteiger partial charge is 0.224 e. The van der Waals surface area contributed by atoms with Crippen LogP contribution in [-0.2, 0) is 16.0 Å². The van der Waals surface area contributed by atoms with Crippen molar-refractivity contribution < 1.29 is 9.59 Å². The van der Waals surface area contributed by atoms with Gasteiger partial charge in [0.05, 0.1) is 0 Å². The molecular formula is C15H20ClN3O2. The van der Waals surface area contributed by atoms with E-state index in [0.29, 0.717) is 18.8 Å². The number of fused-ring (bicyclic) bond motifs is 1. The van der Waals surface area contributed by atoms with Crippen LogP contribution in [0.4, 0.5) is 11.4 Å². The van der Waals surface area contributed by atoms with Gasteiger partial charge in [-0.05, 0) is 55.6 Å². The molecule has 1 unspecified atom stereocenters. The van der Waals surface area contributed by atoms with Crippen molar-refractivity contribution in [3.8, 4) is 0 Å². The zero-order valence-electron chi connectivity index (χ0n) is 11.8. The van der Waals surface area contributed by atoms with Crippen LogP contribution in [0.5, 0.6) is 0 Å². The summed E-state index contributed by atoms with van der Waals surface area (Å²) in [5.74, 6) is 0.577. The van der Waals surface area contributed by atoms with Crippen molar-refractivity contribution in [3.05, 3.63) is 23.8 Å². The first kappa shape index (κ1) is 15.8. The van der Waals surface area contributed by atoms with Crippen molar-refractivity contribution in [2.24, 2.45) is 5.92 Å². The molecule has 2 amide bonds. The van der Waals surface area contributed by atoms with Gasteiger partial charge in [-0.15, -0.1) is 12.4 Å². The summed E-state index contributed by atoms with van der Waals surface area (Å²) in [6, 6.07) is 5.66. The zero-order valence-corrected chi connectivity index (χ0v) is 12.6. The average molecular weight is 310 g/mol. The first-order valence-corrected chi connectivity index (χ1v) is 7.14. The third-order valence-corrected chi connectivity index (χ3v) is 3.92. The Labute approximate surface area is 130 Å². The lowest BCUT2D eigenvalue weighted by molar-refractivity contribution is -0.117. The van der Waals surface area contributed by atoms with Crippen LogP contribution in [0.25, 0.3) is 0 Å². The van der Waals surface area contributed by atoms with Gasteiger partial charge in [-0.1, -0.05) is 0 Å². The molecule has 2 aliphatic rings. The molecule has 1 aromatic rings. The van der Waals surface area contributed by atoms with E-state index < -0.39 is 0 Å². The molecule has 2 aliphatic heterocycles. The van der Waals surface area contributed by atoms with E-state index in [-0.39, 0.29) is 24.2 Å². The molecule has 1 fully saturated rings. The molecule has 0 saturated carbocycles. The van der Waals surface area contributed by atoms with Crippen LogP contribution >= 0.6 is 12.4 Å². The molecule has 2 heterocycles. The van der Waals surface area contributed by atoms with E-state index in [0.717, 1.165) is 42.9 Å². The summed E-state index contributed by atoms with van der Waals surface area (Å²) < 4.78 is 0. The standard InChI is InChI=1S/C15H19N3O2.ClH/c19-14-4-1-11-8-12(2-3-13(11)18-14)17-15(20)7-10-5-6-16-9-10;/h2-3,8,10,16H,1,4-7,9H2,(H,17,20)(H,18,19);1H. The summed E-state index contributed by atoms with van der Waals surface area (Å²) in [4.78, 5) is 23.3. The Morgan fingerprint density at radius 1 is 1.33 bits per heavy atom. The van der Waals surface area contributed by atoms with Crippen LogP contribution < -0.4 is 16.0 Å². The molecule has 3 rings (SSSR count). The van der Waals surface area contributed by atoms with E-state index in [1.807, 2.05) is 18.2 Å². The number of amides is 2. The van der Waals surface area contributed by atoms with Gasteiger partial charge in [-0.25, -0.2) is 0 Å². The molecule has 3 N–H and O–H groups in total. The predicted octanol–water partition coefficient (Wildman–Crippen LogP) is 1.93. The lowest BCUT2D eigenvalue weighted by Gasteiger charge is -2.18. The largest absolute Gasteiger partial charge is 0.326 e. The van der Waals surface area contributed by atoms with Gasteiger partial charge in [-0.3, -0.25) is 9.59 Å². The number of nitrogens with one attached hydrogen (secondary N) is 3. The second-order valence-corrected chi connectivity index (χ2v) is 5.53. The van der Waals surface area contributed by atoms with Crippen molar-refractivity contribution in [2.75, 3.05) is 23.7 Å². The van der Waals surface area contributed by atoms with E-state index in [9.17, 15) is 9.59 Å². The van der Waals surface area contributed by atoms with E-state index in [1.165, 1.54) is 0 Å². The lowest BCUT2D eigenvalue weighted by atomic mass is 10.0. The Balaban J connectivity index is 0.00000161. The van der Waals surface area contributed by atoms with Crippen molar-refractivity contribution in [1.29, 1.82) is 0 Å². The molecule has 6 heteroatoms. The number of halogens is 1. The molecule has 0 aromatic heterocycles. The zero-order chi connectivity index (χ0) is 13.9. The summed E-state index contributed by atoms with van der Waals surface area (Å²) in [5, 5.41) is 9.06. The van der Waals surface area contributed by atoms with E-state index in [2.05, 4.69) is 16.0 Å². The highest BCUT2D eigenvalue weighted by molar-refractivity contribution is 5.95. The summed E-state index contributed by atoms with van der Waals surface area (Å²) in [6.07, 6.45) is 2.89. The Kier molecular flexibility index (Phi) is 5.20. The van der Waals surface area contributed by atoms with E-state index >= 15 is 0 Å². The number of benzene rings is 1. The minimum atomic E-state index is 0. The highest BCUT2D eigenvalue weighted by atomic mass is 35.5. The maximum absolute atomic E-state index is 12.0. The summed E-state index contributed by atoms with van der Waals surface area (Å²) >= 11 is 0. The number of hydrogen-bond donors (Lipinski definition) is 3. The fourth-order valence-corrected chi connectivity index (χ4v) is 2.82. The topological polar surface area (TPSA) is 70.2 Å². The van der Waals surface area contributed by atoms with Gasteiger partial charge < -0.3 is 16.0 Å². The molecule has 0 aliphatic carbocycles. The van der Waals surface area contributed by atoms with Gasteiger partial charge in [-0.2, -0.15) is 0 Å². The monoisotopic (exact) mass is 309 g/mol. The number of aryl methyl sites for hydroxylation is 1. The molecule has 0 spiro atoms. The number of anilines is 2. The van der Waals surface area contributed by atoms with Crippen LogP contribution in [0, 0.1) is 5.92 Å². The van der Waals surface area contributed by atoms with Crippen LogP contribution in [0.1, 0.15) is 24.8 Å². The Bertz CT molecular complexity index is 542. The van der Waals surface area contributed by atoms with Crippen molar-refractivity contribution in [2.45, 2.75) is 25.7 Å². The summed E-state index contributed by atoms with van der Waals surface area (Å²) in [7, 11) is 0. The number of hydrogen-bond acceptors (Lipinski definition) is 3.